The van der Waals surface area contributed by atoms with Crippen LogP contribution in [0.25, 0.3) is 11.3 Å². The molecule has 1 heterocycles. The number of nitrogens with one attached hydrogen (secondary N) is 1. The first kappa shape index (κ1) is 13.4. The van der Waals surface area contributed by atoms with Crippen LogP contribution in [-0.2, 0) is 6.61 Å². The third-order valence-electron chi connectivity index (χ3n) is 2.98. The van der Waals surface area contributed by atoms with E-state index >= 15 is 0 Å². The van der Waals surface area contributed by atoms with E-state index in [4.69, 9.17) is 0 Å². The summed E-state index contributed by atoms with van der Waals surface area (Å²) >= 11 is 0. The number of halogens is 1. The highest BCUT2D eigenvalue weighted by Gasteiger charge is 2.17. The maximum Gasteiger partial charge on any atom is 0.268 e. The molecule has 4 nitrogen and oxygen atoms in total. The zero-order valence-corrected chi connectivity index (χ0v) is 10.8. The molecule has 0 aliphatic heterocycles. The first-order valence-corrected chi connectivity index (χ1v) is 6.02. The van der Waals surface area contributed by atoms with Crippen molar-refractivity contribution in [1.82, 2.24) is 10.2 Å². The number of nitrogens with zero attached hydrogens (tertiary/aromatic N) is 1. The van der Waals surface area contributed by atoms with Gasteiger partial charge in [0.15, 0.2) is 0 Å². The Hall–Kier alpha value is -2.01. The molecular formula is C14H15FN2O2. The van der Waals surface area contributed by atoms with Crippen LogP contribution in [0.4, 0.5) is 4.39 Å². The Labute approximate surface area is 109 Å². The lowest BCUT2D eigenvalue weighted by atomic mass is 9.96. The fraction of sp³-hybridized carbons (Fsp3) is 0.286. The summed E-state index contributed by atoms with van der Waals surface area (Å²) < 4.78 is 12.9. The molecule has 0 saturated carbocycles. The Morgan fingerprint density at radius 2 is 1.95 bits per heavy atom. The lowest BCUT2D eigenvalue weighted by molar-refractivity contribution is 0.279. The molecular weight excluding hydrogens is 247 g/mol. The summed E-state index contributed by atoms with van der Waals surface area (Å²) in [5, 5.41) is 15.9. The lowest BCUT2D eigenvalue weighted by Crippen LogP contribution is -2.20. The summed E-state index contributed by atoms with van der Waals surface area (Å²) in [6, 6.07) is 5.77. The number of hydrogen-bond donors (Lipinski definition) is 2. The van der Waals surface area contributed by atoms with E-state index in [1.54, 1.807) is 12.1 Å². The molecule has 2 aromatic rings. The van der Waals surface area contributed by atoms with Crippen LogP contribution in [0, 0.1) is 5.82 Å². The van der Waals surface area contributed by atoms with E-state index in [1.807, 2.05) is 13.8 Å². The van der Waals surface area contributed by atoms with Crippen molar-refractivity contribution in [1.29, 1.82) is 0 Å². The zero-order valence-electron chi connectivity index (χ0n) is 10.8. The second-order valence-electron chi connectivity index (χ2n) is 4.61. The van der Waals surface area contributed by atoms with E-state index in [2.05, 4.69) is 10.2 Å². The van der Waals surface area contributed by atoms with Crippen molar-refractivity contribution < 1.29 is 9.50 Å². The summed E-state index contributed by atoms with van der Waals surface area (Å²) in [7, 11) is 0. The molecule has 0 aliphatic rings. The summed E-state index contributed by atoms with van der Waals surface area (Å²) in [6.07, 6.45) is 0. The third-order valence-corrected chi connectivity index (χ3v) is 2.98. The summed E-state index contributed by atoms with van der Waals surface area (Å²) in [5.74, 6) is -0.379. The van der Waals surface area contributed by atoms with E-state index in [0.29, 0.717) is 22.4 Å². The molecule has 0 radical (unpaired) electrons. The molecule has 1 aromatic heterocycles. The summed E-state index contributed by atoms with van der Waals surface area (Å²) in [4.78, 5) is 11.8. The topological polar surface area (TPSA) is 66.0 Å². The van der Waals surface area contributed by atoms with Crippen LogP contribution in [-0.4, -0.2) is 15.3 Å². The van der Waals surface area contributed by atoms with Gasteiger partial charge in [0.1, 0.15) is 5.82 Å². The van der Waals surface area contributed by atoms with Crippen molar-refractivity contribution in [2.24, 2.45) is 0 Å². The van der Waals surface area contributed by atoms with Crippen LogP contribution in [0.15, 0.2) is 29.1 Å². The van der Waals surface area contributed by atoms with Gasteiger partial charge in [-0.05, 0) is 30.2 Å². The van der Waals surface area contributed by atoms with Crippen LogP contribution < -0.4 is 5.56 Å². The van der Waals surface area contributed by atoms with E-state index in [0.717, 1.165) is 0 Å². The van der Waals surface area contributed by atoms with Gasteiger partial charge < -0.3 is 5.11 Å². The van der Waals surface area contributed by atoms with Gasteiger partial charge in [-0.25, -0.2) is 9.49 Å². The van der Waals surface area contributed by atoms with Crippen molar-refractivity contribution in [2.45, 2.75) is 26.4 Å². The quantitative estimate of drug-likeness (QED) is 0.891. The number of hydrogen-bond acceptors (Lipinski definition) is 3. The Kier molecular flexibility index (Phi) is 3.76. The molecule has 5 heteroatoms. The van der Waals surface area contributed by atoms with Gasteiger partial charge in [0, 0.05) is 16.7 Å². The monoisotopic (exact) mass is 262 g/mol. The van der Waals surface area contributed by atoms with Gasteiger partial charge in [0.05, 0.1) is 12.3 Å². The lowest BCUT2D eigenvalue weighted by Gasteiger charge is -2.13. The number of aliphatic hydroxyl groups is 1. The van der Waals surface area contributed by atoms with Crippen molar-refractivity contribution in [3.8, 4) is 11.3 Å². The Morgan fingerprint density at radius 3 is 2.47 bits per heavy atom. The molecule has 19 heavy (non-hydrogen) atoms. The molecule has 0 bridgehead atoms. The van der Waals surface area contributed by atoms with E-state index in [1.165, 1.54) is 12.1 Å². The van der Waals surface area contributed by atoms with Crippen LogP contribution in [0.2, 0.25) is 0 Å². The van der Waals surface area contributed by atoms with Crippen LogP contribution in [0.3, 0.4) is 0 Å². The van der Waals surface area contributed by atoms with Crippen LogP contribution in [0.1, 0.15) is 30.9 Å². The smallest absolute Gasteiger partial charge is 0.268 e. The highest BCUT2D eigenvalue weighted by atomic mass is 19.1. The molecule has 0 amide bonds. The van der Waals surface area contributed by atoms with Gasteiger partial charge >= 0.3 is 0 Å². The van der Waals surface area contributed by atoms with Crippen molar-refractivity contribution in [3.63, 3.8) is 0 Å². The molecule has 0 unspecified atom stereocenters. The van der Waals surface area contributed by atoms with Gasteiger partial charge in [-0.1, -0.05) is 13.8 Å². The van der Waals surface area contributed by atoms with E-state index in [9.17, 15) is 14.3 Å². The Morgan fingerprint density at radius 1 is 1.32 bits per heavy atom. The van der Waals surface area contributed by atoms with E-state index < -0.39 is 0 Å². The number of rotatable bonds is 3. The summed E-state index contributed by atoms with van der Waals surface area (Å²) in [5.41, 5.74) is 1.83. The van der Waals surface area contributed by atoms with E-state index in [-0.39, 0.29) is 23.9 Å². The third kappa shape index (κ3) is 2.56. The van der Waals surface area contributed by atoms with Crippen molar-refractivity contribution in [3.05, 3.63) is 51.6 Å². The van der Waals surface area contributed by atoms with Crippen molar-refractivity contribution in [2.75, 3.05) is 0 Å². The predicted octanol–water partition coefficient (Wildman–Crippen LogP) is 2.19. The summed E-state index contributed by atoms with van der Waals surface area (Å²) in [6.45, 7) is 3.47. The van der Waals surface area contributed by atoms with Gasteiger partial charge in [0.2, 0.25) is 0 Å². The van der Waals surface area contributed by atoms with Gasteiger partial charge in [-0.3, -0.25) is 4.79 Å². The van der Waals surface area contributed by atoms with Gasteiger partial charge in [-0.2, -0.15) is 5.10 Å². The second-order valence-corrected chi connectivity index (χ2v) is 4.61. The zero-order chi connectivity index (χ0) is 14.0. The average Bonchev–Trinajstić information content (AvgIpc) is 2.39. The average molecular weight is 262 g/mol. The highest BCUT2D eigenvalue weighted by Crippen LogP contribution is 2.25. The van der Waals surface area contributed by atoms with Crippen molar-refractivity contribution >= 4 is 0 Å². The first-order valence-electron chi connectivity index (χ1n) is 6.02. The fourth-order valence-corrected chi connectivity index (χ4v) is 2.12. The molecule has 2 rings (SSSR count). The Bertz CT molecular complexity index is 633. The van der Waals surface area contributed by atoms with Gasteiger partial charge in [-0.15, -0.1) is 0 Å². The fourth-order valence-electron chi connectivity index (χ4n) is 2.12. The minimum absolute atomic E-state index is 0.0342. The number of aliphatic hydroxyl groups excluding tert-OH is 1. The normalized spacial score (nSPS) is 11.0. The Balaban J connectivity index is 2.67. The molecule has 0 atom stereocenters. The highest BCUT2D eigenvalue weighted by molar-refractivity contribution is 5.63. The first-order chi connectivity index (χ1) is 9.04. The molecule has 2 N–H and O–H groups in total. The molecule has 0 spiro atoms. The number of aromatic amines is 1. The maximum atomic E-state index is 12.9. The molecule has 1 aromatic carbocycles. The molecule has 100 valence electrons. The van der Waals surface area contributed by atoms with Gasteiger partial charge in [0.25, 0.3) is 5.56 Å². The molecule has 0 aliphatic carbocycles. The maximum absolute atomic E-state index is 12.9. The predicted molar refractivity (Wildman–Crippen MR) is 70.3 cm³/mol. The van der Waals surface area contributed by atoms with Crippen LogP contribution in [0.5, 0.6) is 0 Å². The second kappa shape index (κ2) is 5.32. The number of benzene rings is 1. The van der Waals surface area contributed by atoms with Crippen LogP contribution >= 0.6 is 0 Å². The SMILES string of the molecule is CC(C)c1c(CO)c(-c2ccc(F)cc2)n[nH]c1=O. The molecule has 0 fully saturated rings. The standard InChI is InChI=1S/C14H15FN2O2/c1-8(2)12-11(7-18)13(16-17-14(12)19)9-3-5-10(15)6-4-9/h3-6,8,18H,7H2,1-2H3,(H,17,19). The minimum atomic E-state index is -0.345. The largest absolute Gasteiger partial charge is 0.392 e. The number of aromatic nitrogens is 2. The number of H-pyrrole nitrogens is 1. The minimum Gasteiger partial charge on any atom is -0.392 e. The molecule has 0 saturated heterocycles.